The average Bonchev–Trinajstić information content (AvgIpc) is 2.87. The van der Waals surface area contributed by atoms with Crippen LogP contribution in [-0.2, 0) is 17.8 Å². The smallest absolute Gasteiger partial charge is 0.244 e. The summed E-state index contributed by atoms with van der Waals surface area (Å²) >= 11 is 0. The Kier molecular flexibility index (Phi) is 7.06. The van der Waals surface area contributed by atoms with Crippen LogP contribution in [0.15, 0.2) is 77.7 Å². The molecule has 35 heavy (non-hydrogen) atoms. The second kappa shape index (κ2) is 10.3. The first-order valence-corrected chi connectivity index (χ1v) is 11.4. The van der Waals surface area contributed by atoms with E-state index in [0.717, 1.165) is 5.56 Å². The van der Waals surface area contributed by atoms with Gasteiger partial charge in [-0.05, 0) is 79.6 Å². The molecule has 1 amide bonds. The highest BCUT2D eigenvalue weighted by atomic mass is 19.1. The summed E-state index contributed by atoms with van der Waals surface area (Å²) in [6.45, 7) is 4.30. The molecule has 4 rings (SSSR count). The lowest BCUT2D eigenvalue weighted by Crippen LogP contribution is -2.24. The zero-order valence-corrected chi connectivity index (χ0v) is 19.5. The predicted octanol–water partition coefficient (Wildman–Crippen LogP) is 4.97. The molecule has 1 aromatic heterocycles. The van der Waals surface area contributed by atoms with Crippen LogP contribution in [-0.4, -0.2) is 22.9 Å². The molecule has 3 aromatic carbocycles. The van der Waals surface area contributed by atoms with Gasteiger partial charge in [0.15, 0.2) is 5.78 Å². The fraction of sp³-hybridized carbons (Fsp3) is 0.179. The molecular weight excluding hydrogens is 447 g/mol. The van der Waals surface area contributed by atoms with Crippen LogP contribution >= 0.6 is 0 Å². The first kappa shape index (κ1) is 23.9. The minimum absolute atomic E-state index is 0.0776. The molecule has 6 nitrogen and oxygen atoms in total. The van der Waals surface area contributed by atoms with Crippen molar-refractivity contribution in [1.29, 1.82) is 0 Å². The molecule has 0 bridgehead atoms. The van der Waals surface area contributed by atoms with Crippen molar-refractivity contribution in [2.45, 2.75) is 26.8 Å². The highest BCUT2D eigenvalue weighted by molar-refractivity contribution is 6.10. The van der Waals surface area contributed by atoms with Crippen LogP contribution in [0.1, 0.15) is 35.3 Å². The molecule has 1 N–H and O–H groups in total. The van der Waals surface area contributed by atoms with Crippen molar-refractivity contribution in [3.63, 3.8) is 0 Å². The number of ketones is 1. The number of carbonyl (C=O) groups excluding carboxylic acids is 2. The van der Waals surface area contributed by atoms with E-state index in [0.29, 0.717) is 35.4 Å². The van der Waals surface area contributed by atoms with Gasteiger partial charge in [0, 0.05) is 22.8 Å². The summed E-state index contributed by atoms with van der Waals surface area (Å²) in [6.07, 6.45) is 2.11. The topological polar surface area (TPSA) is 77.4 Å². The SMILES string of the molecule is CCOc1ccc(NC(=O)Cn2cc(C(=O)c3ccc(F)cc3)c(=O)c3cc(CC)ccc32)cc1. The van der Waals surface area contributed by atoms with Gasteiger partial charge in [0.2, 0.25) is 11.3 Å². The van der Waals surface area contributed by atoms with Crippen LogP contribution < -0.4 is 15.5 Å². The highest BCUT2D eigenvalue weighted by Crippen LogP contribution is 2.19. The molecule has 0 aliphatic heterocycles. The van der Waals surface area contributed by atoms with Crippen molar-refractivity contribution in [1.82, 2.24) is 4.57 Å². The first-order valence-electron chi connectivity index (χ1n) is 11.4. The van der Waals surface area contributed by atoms with E-state index in [1.165, 1.54) is 30.5 Å². The van der Waals surface area contributed by atoms with Crippen molar-refractivity contribution in [3.05, 3.63) is 106 Å². The Balaban J connectivity index is 1.71. The normalized spacial score (nSPS) is 10.8. The van der Waals surface area contributed by atoms with Gasteiger partial charge in [0.1, 0.15) is 18.1 Å². The van der Waals surface area contributed by atoms with Gasteiger partial charge >= 0.3 is 0 Å². The summed E-state index contributed by atoms with van der Waals surface area (Å²) in [5.41, 5.74) is 1.77. The van der Waals surface area contributed by atoms with E-state index >= 15 is 0 Å². The van der Waals surface area contributed by atoms with Gasteiger partial charge in [0.05, 0.1) is 17.7 Å². The van der Waals surface area contributed by atoms with E-state index in [2.05, 4.69) is 5.32 Å². The Morgan fingerprint density at radius 3 is 2.34 bits per heavy atom. The molecule has 0 atom stereocenters. The first-order chi connectivity index (χ1) is 16.9. The molecule has 0 aliphatic rings. The maximum atomic E-state index is 13.3. The number of aryl methyl sites for hydroxylation is 1. The monoisotopic (exact) mass is 472 g/mol. The minimum atomic E-state index is -0.528. The molecular formula is C28H25FN2O4. The molecule has 0 aliphatic carbocycles. The van der Waals surface area contributed by atoms with Crippen molar-refractivity contribution in [2.24, 2.45) is 0 Å². The summed E-state index contributed by atoms with van der Waals surface area (Å²) in [6, 6.07) is 17.5. The Bertz CT molecular complexity index is 1440. The lowest BCUT2D eigenvalue weighted by Gasteiger charge is -2.14. The standard InChI is InChI=1S/C28H25FN2O4/c1-3-18-5-14-25-23(15-18)28(34)24(27(33)19-6-8-20(29)9-7-19)16-31(25)17-26(32)30-21-10-12-22(13-11-21)35-4-2/h5-16H,3-4,17H2,1-2H3,(H,30,32). The second-order valence-electron chi connectivity index (χ2n) is 8.05. The lowest BCUT2D eigenvalue weighted by molar-refractivity contribution is -0.116. The zero-order chi connectivity index (χ0) is 24.9. The van der Waals surface area contributed by atoms with Crippen LogP contribution in [0, 0.1) is 5.82 Å². The molecule has 0 spiro atoms. The number of pyridine rings is 1. The van der Waals surface area contributed by atoms with Crippen molar-refractivity contribution in [3.8, 4) is 5.75 Å². The van der Waals surface area contributed by atoms with E-state index < -0.39 is 17.0 Å². The largest absolute Gasteiger partial charge is 0.494 e. The predicted molar refractivity (Wildman–Crippen MR) is 134 cm³/mol. The van der Waals surface area contributed by atoms with Crippen molar-refractivity contribution >= 4 is 28.3 Å². The molecule has 0 saturated carbocycles. The number of fused-ring (bicyclic) bond motifs is 1. The number of hydrogen-bond donors (Lipinski definition) is 1. The zero-order valence-electron chi connectivity index (χ0n) is 19.5. The van der Waals surface area contributed by atoms with E-state index in [9.17, 15) is 18.8 Å². The minimum Gasteiger partial charge on any atom is -0.494 e. The van der Waals surface area contributed by atoms with Crippen LogP contribution in [0.5, 0.6) is 5.75 Å². The summed E-state index contributed by atoms with van der Waals surface area (Å²) in [5, 5.41) is 3.18. The summed E-state index contributed by atoms with van der Waals surface area (Å²) in [7, 11) is 0. The van der Waals surface area contributed by atoms with E-state index in [1.54, 1.807) is 41.0 Å². The van der Waals surface area contributed by atoms with Gasteiger partial charge in [-0.15, -0.1) is 0 Å². The second-order valence-corrected chi connectivity index (χ2v) is 8.05. The number of anilines is 1. The van der Waals surface area contributed by atoms with Gasteiger partial charge < -0.3 is 14.6 Å². The molecule has 0 radical (unpaired) electrons. The Hall–Kier alpha value is -4.26. The number of rotatable bonds is 8. The van der Waals surface area contributed by atoms with E-state index in [1.807, 2.05) is 19.9 Å². The number of nitrogens with one attached hydrogen (secondary N) is 1. The Labute approximate surface area is 202 Å². The third kappa shape index (κ3) is 5.30. The molecule has 178 valence electrons. The van der Waals surface area contributed by atoms with Gasteiger partial charge in [-0.1, -0.05) is 13.0 Å². The number of ether oxygens (including phenoxy) is 1. The maximum Gasteiger partial charge on any atom is 0.244 e. The van der Waals surface area contributed by atoms with Gasteiger partial charge in [-0.2, -0.15) is 0 Å². The number of carbonyl (C=O) groups is 2. The van der Waals surface area contributed by atoms with Crippen LogP contribution in [0.2, 0.25) is 0 Å². The van der Waals surface area contributed by atoms with Crippen molar-refractivity contribution in [2.75, 3.05) is 11.9 Å². The number of halogens is 1. The number of amides is 1. The quantitative estimate of drug-likeness (QED) is 0.367. The fourth-order valence-corrected chi connectivity index (χ4v) is 3.87. The molecule has 0 unspecified atom stereocenters. The van der Waals surface area contributed by atoms with Crippen LogP contribution in [0.25, 0.3) is 10.9 Å². The molecule has 7 heteroatoms. The summed E-state index contributed by atoms with van der Waals surface area (Å²) < 4.78 is 20.4. The number of benzene rings is 3. The molecule has 1 heterocycles. The Morgan fingerprint density at radius 2 is 1.69 bits per heavy atom. The lowest BCUT2D eigenvalue weighted by atomic mass is 10.0. The Morgan fingerprint density at radius 1 is 0.971 bits per heavy atom. The molecule has 0 saturated heterocycles. The van der Waals surface area contributed by atoms with Crippen molar-refractivity contribution < 1.29 is 18.7 Å². The molecule has 0 fully saturated rings. The average molecular weight is 473 g/mol. The molecule has 4 aromatic rings. The van der Waals surface area contributed by atoms with E-state index in [-0.39, 0.29) is 23.6 Å². The van der Waals surface area contributed by atoms with Crippen LogP contribution in [0.4, 0.5) is 10.1 Å². The third-order valence-corrected chi connectivity index (χ3v) is 5.67. The number of nitrogens with zero attached hydrogens (tertiary/aromatic N) is 1. The number of hydrogen-bond acceptors (Lipinski definition) is 4. The third-order valence-electron chi connectivity index (χ3n) is 5.67. The summed E-state index contributed by atoms with van der Waals surface area (Å²) in [4.78, 5) is 39.3. The highest BCUT2D eigenvalue weighted by Gasteiger charge is 2.19. The van der Waals surface area contributed by atoms with Crippen LogP contribution in [0.3, 0.4) is 0 Å². The fourth-order valence-electron chi connectivity index (χ4n) is 3.87. The summed E-state index contributed by atoms with van der Waals surface area (Å²) in [5.74, 6) is -0.623. The van der Waals surface area contributed by atoms with Gasteiger partial charge in [-0.3, -0.25) is 14.4 Å². The van der Waals surface area contributed by atoms with Gasteiger partial charge in [0.25, 0.3) is 0 Å². The number of aromatic nitrogens is 1. The van der Waals surface area contributed by atoms with E-state index in [4.69, 9.17) is 4.74 Å². The van der Waals surface area contributed by atoms with Gasteiger partial charge in [-0.25, -0.2) is 4.39 Å². The maximum absolute atomic E-state index is 13.3.